The number of nitrogens with one attached hydrogen (secondary N) is 1. The van der Waals surface area contributed by atoms with Gasteiger partial charge in [0.2, 0.25) is 0 Å². The van der Waals surface area contributed by atoms with Crippen LogP contribution in [-0.4, -0.2) is 25.1 Å². The Balaban J connectivity index is 1.67. The summed E-state index contributed by atoms with van der Waals surface area (Å²) in [5.41, 5.74) is 1.01. The average molecular weight is 387 g/mol. The third kappa shape index (κ3) is 4.09. The van der Waals surface area contributed by atoms with Gasteiger partial charge in [-0.2, -0.15) is 0 Å². The van der Waals surface area contributed by atoms with Gasteiger partial charge in [0.25, 0.3) is 5.91 Å². The van der Waals surface area contributed by atoms with E-state index < -0.39 is 18.5 Å². The van der Waals surface area contributed by atoms with Crippen molar-refractivity contribution >= 4 is 39.0 Å². The summed E-state index contributed by atoms with van der Waals surface area (Å²) in [6, 6.07) is 11.7. The lowest BCUT2D eigenvalue weighted by Crippen LogP contribution is -2.21. The molecule has 3 aromatic rings. The molecular formula is C20H18FNO4S. The molecule has 0 saturated heterocycles. The minimum atomic E-state index is -0.652. The third-order valence-corrected chi connectivity index (χ3v) is 5.12. The van der Waals surface area contributed by atoms with Crippen molar-refractivity contribution in [3.63, 3.8) is 0 Å². The molecule has 27 heavy (non-hydrogen) atoms. The van der Waals surface area contributed by atoms with Crippen molar-refractivity contribution in [3.05, 3.63) is 58.7 Å². The fraction of sp³-hybridized carbons (Fsp3) is 0.200. The molecule has 0 fully saturated rings. The normalized spacial score (nSPS) is 10.6. The molecule has 0 bridgehead atoms. The summed E-state index contributed by atoms with van der Waals surface area (Å²) in [4.78, 5) is 24.7. The molecule has 1 heterocycles. The predicted molar refractivity (Wildman–Crippen MR) is 103 cm³/mol. The molecule has 0 unspecified atom stereocenters. The van der Waals surface area contributed by atoms with Crippen LogP contribution in [0.15, 0.2) is 42.5 Å². The number of hydrogen-bond donors (Lipinski definition) is 1. The van der Waals surface area contributed by atoms with Crippen molar-refractivity contribution in [1.29, 1.82) is 0 Å². The number of carbonyl (C=O) groups is 2. The lowest BCUT2D eigenvalue weighted by molar-refractivity contribution is -0.119. The smallest absolute Gasteiger partial charge is 0.349 e. The highest BCUT2D eigenvalue weighted by atomic mass is 32.1. The van der Waals surface area contributed by atoms with Crippen molar-refractivity contribution in [2.24, 2.45) is 0 Å². The summed E-state index contributed by atoms with van der Waals surface area (Å²) in [7, 11) is 0. The number of fused-ring (bicyclic) bond motifs is 1. The van der Waals surface area contributed by atoms with Crippen molar-refractivity contribution in [1.82, 2.24) is 0 Å². The molecule has 0 saturated carbocycles. The Bertz CT molecular complexity index is 999. The van der Waals surface area contributed by atoms with Crippen LogP contribution in [-0.2, 0) is 9.53 Å². The van der Waals surface area contributed by atoms with E-state index in [9.17, 15) is 14.0 Å². The number of amides is 1. The average Bonchev–Trinajstić information content (AvgIpc) is 3.00. The Morgan fingerprint density at radius 1 is 1.15 bits per heavy atom. The topological polar surface area (TPSA) is 64.6 Å². The maximum absolute atomic E-state index is 14.0. The van der Waals surface area contributed by atoms with Crippen LogP contribution in [0.25, 0.3) is 10.1 Å². The van der Waals surface area contributed by atoms with Crippen LogP contribution in [0.3, 0.4) is 0 Å². The number of aryl methyl sites for hydroxylation is 1. The fourth-order valence-corrected chi connectivity index (χ4v) is 3.80. The summed E-state index contributed by atoms with van der Waals surface area (Å²) in [6.07, 6.45) is 0. The Morgan fingerprint density at radius 2 is 1.93 bits per heavy atom. The molecule has 5 nitrogen and oxygen atoms in total. The summed E-state index contributed by atoms with van der Waals surface area (Å²) < 4.78 is 25.2. The van der Waals surface area contributed by atoms with Gasteiger partial charge in [-0.25, -0.2) is 9.18 Å². The molecule has 0 atom stereocenters. The molecule has 140 valence electrons. The maximum Gasteiger partial charge on any atom is 0.349 e. The zero-order chi connectivity index (χ0) is 19.4. The SMILES string of the molecule is CCOc1ccccc1NC(=O)COC(=O)c1sc2cccc(F)c2c1C. The first-order chi connectivity index (χ1) is 13.0. The van der Waals surface area contributed by atoms with Crippen molar-refractivity contribution < 1.29 is 23.5 Å². The number of benzene rings is 2. The highest BCUT2D eigenvalue weighted by molar-refractivity contribution is 7.21. The Labute approximate surface area is 159 Å². The van der Waals surface area contributed by atoms with Gasteiger partial charge in [0.1, 0.15) is 16.4 Å². The van der Waals surface area contributed by atoms with E-state index in [4.69, 9.17) is 9.47 Å². The van der Waals surface area contributed by atoms with E-state index >= 15 is 0 Å². The van der Waals surface area contributed by atoms with E-state index in [2.05, 4.69) is 5.32 Å². The number of ether oxygens (including phenoxy) is 2. The van der Waals surface area contributed by atoms with E-state index in [0.717, 1.165) is 11.3 Å². The van der Waals surface area contributed by atoms with Crippen LogP contribution < -0.4 is 10.1 Å². The third-order valence-electron chi connectivity index (χ3n) is 3.88. The molecule has 0 aliphatic rings. The molecule has 3 rings (SSSR count). The minimum Gasteiger partial charge on any atom is -0.492 e. The molecule has 1 amide bonds. The van der Waals surface area contributed by atoms with Gasteiger partial charge in [-0.3, -0.25) is 4.79 Å². The van der Waals surface area contributed by atoms with Crippen LogP contribution >= 0.6 is 11.3 Å². The molecule has 1 aromatic heterocycles. The highest BCUT2D eigenvalue weighted by Gasteiger charge is 2.20. The number of halogens is 1. The lowest BCUT2D eigenvalue weighted by Gasteiger charge is -2.11. The van der Waals surface area contributed by atoms with Gasteiger partial charge in [0.05, 0.1) is 12.3 Å². The Kier molecular flexibility index (Phi) is 5.71. The van der Waals surface area contributed by atoms with Crippen molar-refractivity contribution in [2.45, 2.75) is 13.8 Å². The van der Waals surface area contributed by atoms with E-state index in [1.54, 1.807) is 43.3 Å². The lowest BCUT2D eigenvalue weighted by atomic mass is 10.1. The number of esters is 1. The Hall–Kier alpha value is -2.93. The number of anilines is 1. The number of carbonyl (C=O) groups excluding carboxylic acids is 2. The molecule has 7 heteroatoms. The van der Waals surface area contributed by atoms with Crippen LogP contribution in [0.4, 0.5) is 10.1 Å². The van der Waals surface area contributed by atoms with Crippen LogP contribution in [0.5, 0.6) is 5.75 Å². The molecule has 0 aliphatic carbocycles. The highest BCUT2D eigenvalue weighted by Crippen LogP contribution is 2.33. The van der Waals surface area contributed by atoms with Crippen molar-refractivity contribution in [3.8, 4) is 5.75 Å². The molecule has 0 aliphatic heterocycles. The number of thiophene rings is 1. The molecule has 0 radical (unpaired) electrons. The summed E-state index contributed by atoms with van der Waals surface area (Å²) in [6.45, 7) is 3.52. The first-order valence-electron chi connectivity index (χ1n) is 8.37. The van der Waals surface area contributed by atoms with E-state index in [1.165, 1.54) is 6.07 Å². The standard InChI is InChI=1S/C20H18FNO4S/c1-3-25-15-9-5-4-8-14(15)22-17(23)11-26-20(24)19-12(2)18-13(21)7-6-10-16(18)27-19/h4-10H,3,11H2,1-2H3,(H,22,23). The quantitative estimate of drug-likeness (QED) is 0.631. The molecule has 1 N–H and O–H groups in total. The van der Waals surface area contributed by atoms with Gasteiger partial charge in [-0.1, -0.05) is 18.2 Å². The zero-order valence-electron chi connectivity index (χ0n) is 14.9. The van der Waals surface area contributed by atoms with Gasteiger partial charge in [0, 0.05) is 10.1 Å². The van der Waals surface area contributed by atoms with E-state index in [1.807, 2.05) is 6.92 Å². The second-order valence-electron chi connectivity index (χ2n) is 5.72. The maximum atomic E-state index is 14.0. The van der Waals surface area contributed by atoms with E-state index in [0.29, 0.717) is 33.7 Å². The fourth-order valence-electron chi connectivity index (χ4n) is 2.68. The van der Waals surface area contributed by atoms with Gasteiger partial charge < -0.3 is 14.8 Å². The van der Waals surface area contributed by atoms with Gasteiger partial charge >= 0.3 is 5.97 Å². The summed E-state index contributed by atoms with van der Waals surface area (Å²) in [5, 5.41) is 3.06. The molecule has 2 aromatic carbocycles. The number of rotatable bonds is 6. The first-order valence-corrected chi connectivity index (χ1v) is 9.19. The molecular weight excluding hydrogens is 369 g/mol. The van der Waals surface area contributed by atoms with Gasteiger partial charge in [-0.15, -0.1) is 11.3 Å². The largest absolute Gasteiger partial charge is 0.492 e. The monoisotopic (exact) mass is 387 g/mol. The summed E-state index contributed by atoms with van der Waals surface area (Å²) in [5.74, 6) is -0.983. The number of hydrogen-bond acceptors (Lipinski definition) is 5. The second kappa shape index (κ2) is 8.18. The first kappa shape index (κ1) is 18.8. The predicted octanol–water partition coefficient (Wildman–Crippen LogP) is 4.54. The van der Waals surface area contributed by atoms with Crippen LogP contribution in [0, 0.1) is 12.7 Å². The van der Waals surface area contributed by atoms with Gasteiger partial charge in [-0.05, 0) is 43.7 Å². The van der Waals surface area contributed by atoms with Gasteiger partial charge in [0.15, 0.2) is 6.61 Å². The van der Waals surface area contributed by atoms with Crippen LogP contribution in [0.1, 0.15) is 22.2 Å². The van der Waals surface area contributed by atoms with E-state index in [-0.39, 0.29) is 10.7 Å². The summed E-state index contributed by atoms with van der Waals surface area (Å²) >= 11 is 1.14. The van der Waals surface area contributed by atoms with Crippen LogP contribution in [0.2, 0.25) is 0 Å². The molecule has 0 spiro atoms. The Morgan fingerprint density at radius 3 is 2.67 bits per heavy atom. The second-order valence-corrected chi connectivity index (χ2v) is 6.77. The number of para-hydroxylation sites is 2. The van der Waals surface area contributed by atoms with Crippen molar-refractivity contribution in [2.75, 3.05) is 18.5 Å². The zero-order valence-corrected chi connectivity index (χ0v) is 15.7. The minimum absolute atomic E-state index is 0.289.